The molecule has 0 saturated heterocycles. The van der Waals surface area contributed by atoms with Gasteiger partial charge >= 0.3 is 0 Å². The van der Waals surface area contributed by atoms with Crippen LogP contribution in [0.5, 0.6) is 0 Å². The molecule has 96 valence electrons. The predicted octanol–water partition coefficient (Wildman–Crippen LogP) is 3.81. The van der Waals surface area contributed by atoms with E-state index in [0.29, 0.717) is 23.4 Å². The number of aryl methyl sites for hydroxylation is 1. The van der Waals surface area contributed by atoms with Crippen LogP contribution in [0.4, 0.5) is 13.2 Å². The zero-order chi connectivity index (χ0) is 13.3. The number of halogens is 3. The normalized spacial score (nSPS) is 12.7. The van der Waals surface area contributed by atoms with E-state index in [4.69, 9.17) is 0 Å². The quantitative estimate of drug-likeness (QED) is 0.842. The molecule has 1 nitrogen and oxygen atoms in total. The molecule has 1 unspecified atom stereocenters. The first-order valence-corrected chi connectivity index (χ1v) is 6.31. The summed E-state index contributed by atoms with van der Waals surface area (Å²) in [6.07, 6.45) is -0.587. The SMILES string of the molecule is CCc1ccsc1C(O)c1cc(F)c(F)cc1F. The second-order valence-corrected chi connectivity index (χ2v) is 4.80. The monoisotopic (exact) mass is 272 g/mol. The minimum atomic E-state index is -1.27. The van der Waals surface area contributed by atoms with Gasteiger partial charge in [0, 0.05) is 16.5 Å². The molecule has 0 aliphatic rings. The Morgan fingerprint density at radius 2 is 1.83 bits per heavy atom. The lowest BCUT2D eigenvalue weighted by atomic mass is 10.0. The molecule has 2 rings (SSSR count). The first-order chi connectivity index (χ1) is 8.54. The molecule has 18 heavy (non-hydrogen) atoms. The van der Waals surface area contributed by atoms with Crippen LogP contribution in [-0.2, 0) is 6.42 Å². The van der Waals surface area contributed by atoms with E-state index in [0.717, 1.165) is 5.56 Å². The third-order valence-electron chi connectivity index (χ3n) is 2.74. The van der Waals surface area contributed by atoms with Gasteiger partial charge in [-0.15, -0.1) is 11.3 Å². The smallest absolute Gasteiger partial charge is 0.161 e. The Morgan fingerprint density at radius 1 is 1.17 bits per heavy atom. The first-order valence-electron chi connectivity index (χ1n) is 5.43. The molecule has 1 aromatic heterocycles. The summed E-state index contributed by atoms with van der Waals surface area (Å²) in [4.78, 5) is 0.558. The molecule has 1 aromatic carbocycles. The highest BCUT2D eigenvalue weighted by Crippen LogP contribution is 2.32. The van der Waals surface area contributed by atoms with Crippen LogP contribution in [0.2, 0.25) is 0 Å². The summed E-state index contributed by atoms with van der Waals surface area (Å²) < 4.78 is 39.5. The molecule has 0 amide bonds. The van der Waals surface area contributed by atoms with Crippen molar-refractivity contribution < 1.29 is 18.3 Å². The van der Waals surface area contributed by atoms with Gasteiger partial charge in [-0.1, -0.05) is 6.92 Å². The molecule has 2 aromatic rings. The van der Waals surface area contributed by atoms with Crippen LogP contribution in [0, 0.1) is 17.5 Å². The van der Waals surface area contributed by atoms with Crippen molar-refractivity contribution >= 4 is 11.3 Å². The van der Waals surface area contributed by atoms with Crippen LogP contribution < -0.4 is 0 Å². The summed E-state index contributed by atoms with van der Waals surface area (Å²) in [6, 6.07) is 2.97. The summed E-state index contributed by atoms with van der Waals surface area (Å²) in [7, 11) is 0. The number of rotatable bonds is 3. The summed E-state index contributed by atoms with van der Waals surface area (Å²) in [5, 5.41) is 11.8. The van der Waals surface area contributed by atoms with Gasteiger partial charge < -0.3 is 5.11 Å². The number of aliphatic hydroxyl groups excluding tert-OH is 1. The van der Waals surface area contributed by atoms with Crippen molar-refractivity contribution in [3.8, 4) is 0 Å². The Bertz CT molecular complexity index is 565. The maximum Gasteiger partial charge on any atom is 0.161 e. The van der Waals surface area contributed by atoms with E-state index in [1.165, 1.54) is 11.3 Å². The van der Waals surface area contributed by atoms with Crippen molar-refractivity contribution in [3.05, 3.63) is 57.0 Å². The zero-order valence-electron chi connectivity index (χ0n) is 9.58. The highest BCUT2D eigenvalue weighted by molar-refractivity contribution is 7.10. The third kappa shape index (κ3) is 2.28. The summed E-state index contributed by atoms with van der Waals surface area (Å²) in [6.45, 7) is 1.90. The zero-order valence-corrected chi connectivity index (χ0v) is 10.4. The second-order valence-electron chi connectivity index (χ2n) is 3.85. The summed E-state index contributed by atoms with van der Waals surface area (Å²) >= 11 is 1.26. The van der Waals surface area contributed by atoms with Gasteiger partial charge in [0.2, 0.25) is 0 Å². The van der Waals surface area contributed by atoms with Gasteiger partial charge in [0.1, 0.15) is 11.9 Å². The Kier molecular flexibility index (Phi) is 3.73. The highest BCUT2D eigenvalue weighted by Gasteiger charge is 2.21. The van der Waals surface area contributed by atoms with Crippen LogP contribution in [0.3, 0.4) is 0 Å². The first kappa shape index (κ1) is 13.1. The largest absolute Gasteiger partial charge is 0.383 e. The van der Waals surface area contributed by atoms with E-state index >= 15 is 0 Å². The van der Waals surface area contributed by atoms with E-state index in [1.807, 2.05) is 13.0 Å². The van der Waals surface area contributed by atoms with E-state index in [9.17, 15) is 18.3 Å². The van der Waals surface area contributed by atoms with E-state index in [1.54, 1.807) is 5.38 Å². The van der Waals surface area contributed by atoms with Gasteiger partial charge in [0.25, 0.3) is 0 Å². The Labute approximate surface area is 107 Å². The van der Waals surface area contributed by atoms with Crippen molar-refractivity contribution in [3.63, 3.8) is 0 Å². The summed E-state index contributed by atoms with van der Waals surface area (Å²) in [5.41, 5.74) is 0.627. The molecule has 0 aliphatic carbocycles. The maximum absolute atomic E-state index is 13.5. The van der Waals surface area contributed by atoms with E-state index < -0.39 is 23.6 Å². The van der Waals surface area contributed by atoms with Crippen LogP contribution >= 0.6 is 11.3 Å². The fraction of sp³-hybridized carbons (Fsp3) is 0.231. The molecule has 0 spiro atoms. The predicted molar refractivity (Wildman–Crippen MR) is 64.1 cm³/mol. The van der Waals surface area contributed by atoms with Crippen molar-refractivity contribution in [1.29, 1.82) is 0 Å². The van der Waals surface area contributed by atoms with Crippen LogP contribution in [0.1, 0.15) is 29.0 Å². The molecule has 0 saturated carbocycles. The number of aliphatic hydroxyl groups is 1. The van der Waals surface area contributed by atoms with Gasteiger partial charge in [0.05, 0.1) is 0 Å². The topological polar surface area (TPSA) is 20.2 Å². The Hall–Kier alpha value is -1.33. The van der Waals surface area contributed by atoms with Crippen LogP contribution in [-0.4, -0.2) is 5.11 Å². The van der Waals surface area contributed by atoms with Gasteiger partial charge in [-0.2, -0.15) is 0 Å². The minimum absolute atomic E-state index is 0.244. The van der Waals surface area contributed by atoms with Gasteiger partial charge in [-0.3, -0.25) is 0 Å². The number of hydrogen-bond acceptors (Lipinski definition) is 2. The molecule has 0 radical (unpaired) electrons. The van der Waals surface area contributed by atoms with Gasteiger partial charge in [-0.25, -0.2) is 13.2 Å². The van der Waals surface area contributed by atoms with Crippen molar-refractivity contribution in [2.75, 3.05) is 0 Å². The average molecular weight is 272 g/mol. The minimum Gasteiger partial charge on any atom is -0.383 e. The maximum atomic E-state index is 13.5. The third-order valence-corrected chi connectivity index (χ3v) is 3.76. The van der Waals surface area contributed by atoms with E-state index in [2.05, 4.69) is 0 Å². The fourth-order valence-corrected chi connectivity index (χ4v) is 2.77. The standard InChI is InChI=1S/C13H11F3OS/c1-2-7-3-4-18-13(7)12(17)8-5-10(15)11(16)6-9(8)14/h3-6,12,17H,2H2,1H3. The van der Waals surface area contributed by atoms with Gasteiger partial charge in [0.15, 0.2) is 11.6 Å². The Morgan fingerprint density at radius 3 is 2.50 bits per heavy atom. The van der Waals surface area contributed by atoms with Crippen molar-refractivity contribution in [2.45, 2.75) is 19.4 Å². The molecule has 0 aliphatic heterocycles. The number of thiophene rings is 1. The molecule has 5 heteroatoms. The average Bonchev–Trinajstić information content (AvgIpc) is 2.81. The number of hydrogen-bond donors (Lipinski definition) is 1. The van der Waals surface area contributed by atoms with Crippen LogP contribution in [0.15, 0.2) is 23.6 Å². The molecular formula is C13H11F3OS. The Balaban J connectivity index is 2.46. The molecule has 1 atom stereocenters. The second kappa shape index (κ2) is 5.12. The lowest BCUT2D eigenvalue weighted by Crippen LogP contribution is -2.05. The molecule has 1 N–H and O–H groups in total. The van der Waals surface area contributed by atoms with Crippen LogP contribution in [0.25, 0.3) is 0 Å². The van der Waals surface area contributed by atoms with Crippen molar-refractivity contribution in [1.82, 2.24) is 0 Å². The molecule has 1 heterocycles. The summed E-state index contributed by atoms with van der Waals surface area (Å²) in [5.74, 6) is -3.37. The lowest BCUT2D eigenvalue weighted by Gasteiger charge is -2.12. The fourth-order valence-electron chi connectivity index (χ4n) is 1.77. The molecule has 0 bridgehead atoms. The lowest BCUT2D eigenvalue weighted by molar-refractivity contribution is 0.216. The van der Waals surface area contributed by atoms with E-state index in [-0.39, 0.29) is 5.56 Å². The highest BCUT2D eigenvalue weighted by atomic mass is 32.1. The molecular weight excluding hydrogens is 261 g/mol. The van der Waals surface area contributed by atoms with Gasteiger partial charge in [-0.05, 0) is 29.5 Å². The van der Waals surface area contributed by atoms with Crippen molar-refractivity contribution in [2.24, 2.45) is 0 Å². The number of benzene rings is 1. The molecule has 0 fully saturated rings.